The van der Waals surface area contributed by atoms with Crippen LogP contribution in [0.5, 0.6) is 0 Å². The van der Waals surface area contributed by atoms with Crippen molar-refractivity contribution in [2.75, 3.05) is 0 Å². The number of hydrogen-bond donors (Lipinski definition) is 1. The van der Waals surface area contributed by atoms with Crippen LogP contribution in [0.1, 0.15) is 21.3 Å². The number of carbonyl (C=O) groups is 1. The number of carbonyl (C=O) groups excluding carboxylic acids is 1. The highest BCUT2D eigenvalue weighted by Gasteiger charge is 2.11. The van der Waals surface area contributed by atoms with Gasteiger partial charge in [-0.05, 0) is 26.0 Å². The Balaban J connectivity index is 1.57. The van der Waals surface area contributed by atoms with E-state index in [0.717, 1.165) is 21.1 Å². The number of oxazole rings is 1. The molecule has 0 unspecified atom stereocenters. The number of benzene rings is 1. The second-order valence-corrected chi connectivity index (χ2v) is 6.49. The van der Waals surface area contributed by atoms with Crippen LogP contribution in [0.2, 0.25) is 0 Å². The highest BCUT2D eigenvalue weighted by molar-refractivity contribution is 7.11. The number of amides is 1. The van der Waals surface area contributed by atoms with E-state index >= 15 is 0 Å². The summed E-state index contributed by atoms with van der Waals surface area (Å²) in [6.07, 6.45) is 1.92. The smallest absolute Gasteiger partial charge is 0.226 e. The quantitative estimate of drug-likeness (QED) is 0.781. The van der Waals surface area contributed by atoms with Gasteiger partial charge in [0.2, 0.25) is 11.8 Å². The molecule has 0 radical (unpaired) electrons. The number of rotatable bonds is 5. The molecule has 1 amide bonds. The van der Waals surface area contributed by atoms with E-state index in [4.69, 9.17) is 4.42 Å². The molecule has 0 atom stereocenters. The molecule has 0 bridgehead atoms. The third-order valence-electron chi connectivity index (χ3n) is 3.36. The van der Waals surface area contributed by atoms with Gasteiger partial charge in [0, 0.05) is 10.4 Å². The first kappa shape index (κ1) is 15.4. The normalized spacial score (nSPS) is 10.7. The molecule has 6 heteroatoms. The fourth-order valence-electron chi connectivity index (χ4n) is 2.24. The van der Waals surface area contributed by atoms with Crippen molar-refractivity contribution < 1.29 is 9.21 Å². The lowest BCUT2D eigenvalue weighted by atomic mass is 10.2. The monoisotopic (exact) mass is 327 g/mol. The predicted octanol–water partition coefficient (Wildman–Crippen LogP) is 3.27. The average Bonchev–Trinajstić information content (AvgIpc) is 3.13. The van der Waals surface area contributed by atoms with E-state index in [2.05, 4.69) is 15.3 Å². The molecule has 5 nitrogen and oxygen atoms in total. The summed E-state index contributed by atoms with van der Waals surface area (Å²) < 4.78 is 5.45. The Hall–Kier alpha value is -2.47. The minimum atomic E-state index is -0.0407. The van der Waals surface area contributed by atoms with E-state index in [1.165, 1.54) is 0 Å². The molecule has 0 saturated heterocycles. The van der Waals surface area contributed by atoms with Gasteiger partial charge in [-0.1, -0.05) is 18.2 Å². The van der Waals surface area contributed by atoms with E-state index < -0.39 is 0 Å². The molecule has 0 aliphatic heterocycles. The average molecular weight is 327 g/mol. The lowest BCUT2D eigenvalue weighted by molar-refractivity contribution is -0.120. The molecule has 2 heterocycles. The van der Waals surface area contributed by atoms with Crippen molar-refractivity contribution in [1.82, 2.24) is 15.3 Å². The summed E-state index contributed by atoms with van der Waals surface area (Å²) in [6.45, 7) is 4.22. The standard InChI is InChI=1S/C17H17N3O2S/c1-11-15(23-12(2)19-11)8-16(21)18-9-14-10-22-17(20-14)13-6-4-3-5-7-13/h3-7,10H,8-9H2,1-2H3,(H,18,21). The highest BCUT2D eigenvalue weighted by atomic mass is 32.1. The predicted molar refractivity (Wildman–Crippen MR) is 89.1 cm³/mol. The van der Waals surface area contributed by atoms with Crippen molar-refractivity contribution >= 4 is 17.2 Å². The molecule has 0 aliphatic carbocycles. The Bertz CT molecular complexity index is 808. The lowest BCUT2D eigenvalue weighted by Crippen LogP contribution is -2.24. The number of nitrogens with one attached hydrogen (secondary N) is 1. The molecule has 0 spiro atoms. The molecular formula is C17H17N3O2S. The second-order valence-electron chi connectivity index (χ2n) is 5.20. The van der Waals surface area contributed by atoms with Crippen LogP contribution in [-0.2, 0) is 17.8 Å². The Morgan fingerprint density at radius 1 is 1.22 bits per heavy atom. The maximum atomic E-state index is 12.0. The minimum absolute atomic E-state index is 0.0407. The van der Waals surface area contributed by atoms with Gasteiger partial charge in [0.05, 0.1) is 29.4 Å². The molecule has 23 heavy (non-hydrogen) atoms. The molecule has 3 aromatic rings. The van der Waals surface area contributed by atoms with Crippen LogP contribution >= 0.6 is 11.3 Å². The highest BCUT2D eigenvalue weighted by Crippen LogP contribution is 2.19. The maximum Gasteiger partial charge on any atom is 0.226 e. The van der Waals surface area contributed by atoms with Gasteiger partial charge in [0.25, 0.3) is 0 Å². The van der Waals surface area contributed by atoms with E-state index in [1.54, 1.807) is 17.6 Å². The van der Waals surface area contributed by atoms with Crippen molar-refractivity contribution in [3.8, 4) is 11.5 Å². The fourth-order valence-corrected chi connectivity index (χ4v) is 3.17. The molecule has 0 aliphatic rings. The number of thiazole rings is 1. The van der Waals surface area contributed by atoms with E-state index in [-0.39, 0.29) is 5.91 Å². The first-order valence-electron chi connectivity index (χ1n) is 7.31. The number of aryl methyl sites for hydroxylation is 2. The first-order chi connectivity index (χ1) is 11.1. The number of nitrogens with zero attached hydrogens (tertiary/aromatic N) is 2. The molecule has 0 fully saturated rings. The largest absolute Gasteiger partial charge is 0.444 e. The third-order valence-corrected chi connectivity index (χ3v) is 4.43. The topological polar surface area (TPSA) is 68.0 Å². The van der Waals surface area contributed by atoms with E-state index in [0.29, 0.717) is 24.6 Å². The first-order valence-corrected chi connectivity index (χ1v) is 8.13. The summed E-state index contributed by atoms with van der Waals surface area (Å²) in [5, 5.41) is 3.85. The molecule has 3 rings (SSSR count). The van der Waals surface area contributed by atoms with Gasteiger partial charge in [0.15, 0.2) is 0 Å². The van der Waals surface area contributed by atoms with Crippen LogP contribution in [0, 0.1) is 13.8 Å². The lowest BCUT2D eigenvalue weighted by Gasteiger charge is -2.01. The minimum Gasteiger partial charge on any atom is -0.444 e. The van der Waals surface area contributed by atoms with Gasteiger partial charge in [-0.3, -0.25) is 4.79 Å². The van der Waals surface area contributed by atoms with Gasteiger partial charge in [-0.15, -0.1) is 11.3 Å². The van der Waals surface area contributed by atoms with Gasteiger partial charge in [-0.25, -0.2) is 9.97 Å². The van der Waals surface area contributed by atoms with Crippen LogP contribution in [0.3, 0.4) is 0 Å². The summed E-state index contributed by atoms with van der Waals surface area (Å²) in [6, 6.07) is 9.67. The van der Waals surface area contributed by atoms with Gasteiger partial charge >= 0.3 is 0 Å². The summed E-state index contributed by atoms with van der Waals surface area (Å²) in [5.41, 5.74) is 2.55. The second kappa shape index (κ2) is 6.75. The zero-order valence-corrected chi connectivity index (χ0v) is 13.8. The SMILES string of the molecule is Cc1nc(C)c(CC(=O)NCc2coc(-c3ccccc3)n2)s1. The summed E-state index contributed by atoms with van der Waals surface area (Å²) in [7, 11) is 0. The Kier molecular flexibility index (Phi) is 4.52. The maximum absolute atomic E-state index is 12.0. The molecular weight excluding hydrogens is 310 g/mol. The van der Waals surface area contributed by atoms with Gasteiger partial charge in [-0.2, -0.15) is 0 Å². The Morgan fingerprint density at radius 2 is 2.00 bits per heavy atom. The summed E-state index contributed by atoms with van der Waals surface area (Å²) in [5.74, 6) is 0.518. The van der Waals surface area contributed by atoms with E-state index in [9.17, 15) is 4.79 Å². The van der Waals surface area contributed by atoms with Gasteiger partial charge in [0.1, 0.15) is 6.26 Å². The summed E-state index contributed by atoms with van der Waals surface area (Å²) in [4.78, 5) is 21.8. The van der Waals surface area contributed by atoms with Crippen LogP contribution in [0.25, 0.3) is 11.5 Å². The zero-order chi connectivity index (χ0) is 16.2. The molecule has 0 saturated carbocycles. The van der Waals surface area contributed by atoms with Crippen molar-refractivity contribution in [2.45, 2.75) is 26.8 Å². The van der Waals surface area contributed by atoms with Crippen molar-refractivity contribution in [3.05, 3.63) is 57.9 Å². The van der Waals surface area contributed by atoms with E-state index in [1.807, 2.05) is 44.2 Å². The van der Waals surface area contributed by atoms with Gasteiger partial charge < -0.3 is 9.73 Å². The van der Waals surface area contributed by atoms with Crippen LogP contribution in [0.4, 0.5) is 0 Å². The third kappa shape index (κ3) is 3.84. The molecule has 1 aromatic carbocycles. The Labute approximate surface area is 138 Å². The fraction of sp³-hybridized carbons (Fsp3) is 0.235. The van der Waals surface area contributed by atoms with Crippen molar-refractivity contribution in [2.24, 2.45) is 0 Å². The Morgan fingerprint density at radius 3 is 2.70 bits per heavy atom. The number of hydrogen-bond acceptors (Lipinski definition) is 5. The number of aromatic nitrogens is 2. The summed E-state index contributed by atoms with van der Waals surface area (Å²) >= 11 is 1.56. The van der Waals surface area contributed by atoms with Crippen LogP contribution < -0.4 is 5.32 Å². The molecule has 118 valence electrons. The van der Waals surface area contributed by atoms with Crippen LogP contribution in [0.15, 0.2) is 41.0 Å². The van der Waals surface area contributed by atoms with Crippen molar-refractivity contribution in [1.29, 1.82) is 0 Å². The molecule has 1 N–H and O–H groups in total. The molecule has 2 aromatic heterocycles. The van der Waals surface area contributed by atoms with Crippen LogP contribution in [-0.4, -0.2) is 15.9 Å². The zero-order valence-electron chi connectivity index (χ0n) is 13.0. The van der Waals surface area contributed by atoms with Crippen molar-refractivity contribution in [3.63, 3.8) is 0 Å².